The van der Waals surface area contributed by atoms with E-state index in [1.165, 1.54) is 17.9 Å². The number of carbonyl (C=O) groups is 1. The number of esters is 1. The van der Waals surface area contributed by atoms with Gasteiger partial charge in [-0.25, -0.2) is 14.0 Å². The van der Waals surface area contributed by atoms with E-state index in [1.807, 2.05) is 59.2 Å². The fourth-order valence-corrected chi connectivity index (χ4v) is 4.51. The Morgan fingerprint density at radius 3 is 2.67 bits per heavy atom. The van der Waals surface area contributed by atoms with Crippen LogP contribution in [0.4, 0.5) is 0 Å². The molecule has 1 aromatic carbocycles. The van der Waals surface area contributed by atoms with Gasteiger partial charge >= 0.3 is 5.97 Å². The van der Waals surface area contributed by atoms with E-state index in [0.717, 1.165) is 53.6 Å². The van der Waals surface area contributed by atoms with Crippen LogP contribution in [0, 0.1) is 0 Å². The number of ether oxygens (including phenoxy) is 1. The number of rotatable bonds is 4. The number of aromatic nitrogens is 4. The Morgan fingerprint density at radius 2 is 1.85 bits per heavy atom. The van der Waals surface area contributed by atoms with Crippen LogP contribution in [0.2, 0.25) is 0 Å². The number of pyridine rings is 1. The fraction of sp³-hybridized carbons (Fsp3) is 0.231. The third kappa shape index (κ3) is 3.98. The van der Waals surface area contributed by atoms with Gasteiger partial charge in [-0.15, -0.1) is 0 Å². The number of nitrogens with zero attached hydrogens (tertiary/aromatic N) is 4. The van der Waals surface area contributed by atoms with Gasteiger partial charge in [0.15, 0.2) is 0 Å². The second-order valence-corrected chi connectivity index (χ2v) is 8.13. The minimum atomic E-state index is -0.407. The van der Waals surface area contributed by atoms with Crippen molar-refractivity contribution in [3.8, 4) is 22.5 Å². The topological polar surface area (TPSA) is 78.5 Å². The predicted molar refractivity (Wildman–Crippen MR) is 126 cm³/mol. The minimum absolute atomic E-state index is 0.195. The highest BCUT2D eigenvalue weighted by atomic mass is 16.5. The molecular formula is C26H24N4O3. The number of carbonyl (C=O) groups excluding carboxylic acids is 1. The van der Waals surface area contributed by atoms with E-state index in [4.69, 9.17) is 14.9 Å². The van der Waals surface area contributed by atoms with Crippen LogP contribution >= 0.6 is 0 Å². The monoisotopic (exact) mass is 440 g/mol. The number of hydrogen-bond acceptors (Lipinski definition) is 5. The lowest BCUT2D eigenvalue weighted by Gasteiger charge is -2.26. The van der Waals surface area contributed by atoms with Gasteiger partial charge in [0.2, 0.25) is 0 Å². The maximum Gasteiger partial charge on any atom is 0.330 e. The van der Waals surface area contributed by atoms with Crippen molar-refractivity contribution in [2.45, 2.75) is 31.7 Å². The van der Waals surface area contributed by atoms with E-state index in [-0.39, 0.29) is 11.6 Å². The van der Waals surface area contributed by atoms with E-state index in [1.54, 1.807) is 12.1 Å². The first-order chi connectivity index (χ1) is 16.2. The normalized spacial score (nSPS) is 17.4. The summed E-state index contributed by atoms with van der Waals surface area (Å²) < 4.78 is 8.18. The molecule has 7 nitrogen and oxygen atoms in total. The molecule has 0 N–H and O–H groups in total. The van der Waals surface area contributed by atoms with E-state index in [0.29, 0.717) is 5.69 Å². The van der Waals surface area contributed by atoms with E-state index < -0.39 is 5.97 Å². The molecule has 4 aromatic rings. The zero-order chi connectivity index (χ0) is 22.8. The summed E-state index contributed by atoms with van der Waals surface area (Å²) in [5, 5.41) is 9.62. The fourth-order valence-electron chi connectivity index (χ4n) is 4.51. The van der Waals surface area contributed by atoms with Gasteiger partial charge in [0.1, 0.15) is 5.69 Å². The van der Waals surface area contributed by atoms with Crippen LogP contribution < -0.4 is 5.56 Å². The molecule has 166 valence electrons. The number of allylic oxidation sites excluding steroid dienone is 1. The van der Waals surface area contributed by atoms with Gasteiger partial charge in [-0.1, -0.05) is 42.8 Å². The first-order valence-corrected chi connectivity index (χ1v) is 11.1. The quantitative estimate of drug-likeness (QED) is 0.346. The van der Waals surface area contributed by atoms with Crippen LogP contribution in [0.5, 0.6) is 0 Å². The Bertz CT molecular complexity index is 1400. The molecule has 5 rings (SSSR count). The van der Waals surface area contributed by atoms with Crippen molar-refractivity contribution in [2.24, 2.45) is 0 Å². The molecule has 0 aliphatic heterocycles. The first-order valence-electron chi connectivity index (χ1n) is 11.1. The Hall–Kier alpha value is -4.00. The maximum atomic E-state index is 12.9. The standard InChI is InChI=1S/C26H24N4O3/c1-33-24(32)17-19-11-5-6-12-21(19)30-23(31)15-14-20(27-30)25-22-13-7-8-16-29(22)28-26(25)18-9-3-2-4-10-18/h2-4,7-10,13-17,21H,5-6,11-12H2,1H3/b19-17+. The van der Waals surface area contributed by atoms with Crippen molar-refractivity contribution < 1.29 is 9.53 Å². The molecule has 1 saturated carbocycles. The van der Waals surface area contributed by atoms with E-state index in [9.17, 15) is 9.59 Å². The van der Waals surface area contributed by atoms with Crippen LogP contribution in [0.1, 0.15) is 31.7 Å². The third-order valence-electron chi connectivity index (χ3n) is 6.09. The molecule has 1 aliphatic carbocycles. The van der Waals surface area contributed by atoms with Crippen LogP contribution in [0.15, 0.2) is 83.3 Å². The summed E-state index contributed by atoms with van der Waals surface area (Å²) in [4.78, 5) is 24.8. The van der Waals surface area contributed by atoms with Crippen molar-refractivity contribution in [1.82, 2.24) is 19.4 Å². The van der Waals surface area contributed by atoms with Crippen LogP contribution in [-0.2, 0) is 9.53 Å². The second-order valence-electron chi connectivity index (χ2n) is 8.13. The average molecular weight is 441 g/mol. The summed E-state index contributed by atoms with van der Waals surface area (Å²) in [5.41, 5.74) is 4.89. The summed E-state index contributed by atoms with van der Waals surface area (Å²) in [6, 6.07) is 18.9. The molecular weight excluding hydrogens is 416 g/mol. The molecule has 3 heterocycles. The lowest BCUT2D eigenvalue weighted by Crippen LogP contribution is -2.30. The van der Waals surface area contributed by atoms with Gasteiger partial charge in [0.05, 0.1) is 29.9 Å². The van der Waals surface area contributed by atoms with Crippen LogP contribution in [0.3, 0.4) is 0 Å². The van der Waals surface area contributed by atoms with Crippen molar-refractivity contribution in [2.75, 3.05) is 7.11 Å². The molecule has 7 heteroatoms. The van der Waals surface area contributed by atoms with Gasteiger partial charge in [-0.3, -0.25) is 4.79 Å². The van der Waals surface area contributed by atoms with Gasteiger partial charge in [0.25, 0.3) is 5.56 Å². The summed E-state index contributed by atoms with van der Waals surface area (Å²) in [6.07, 6.45) is 6.84. The number of methoxy groups -OCH3 is 1. The lowest BCUT2D eigenvalue weighted by atomic mass is 9.89. The number of hydrogen-bond donors (Lipinski definition) is 0. The van der Waals surface area contributed by atoms with Crippen LogP contribution in [-0.4, -0.2) is 32.5 Å². The van der Waals surface area contributed by atoms with Crippen molar-refractivity contribution in [3.63, 3.8) is 0 Å². The molecule has 0 amide bonds. The van der Waals surface area contributed by atoms with Crippen molar-refractivity contribution in [3.05, 3.63) is 88.9 Å². The maximum absolute atomic E-state index is 12.9. The molecule has 1 unspecified atom stereocenters. The van der Waals surface area contributed by atoms with Crippen molar-refractivity contribution >= 4 is 11.5 Å². The van der Waals surface area contributed by atoms with Gasteiger partial charge in [-0.2, -0.15) is 10.2 Å². The highest BCUT2D eigenvalue weighted by Crippen LogP contribution is 2.35. The summed E-state index contributed by atoms with van der Waals surface area (Å²) in [6.45, 7) is 0. The highest BCUT2D eigenvalue weighted by molar-refractivity contribution is 5.90. The first kappa shape index (κ1) is 20.9. The smallest absolute Gasteiger partial charge is 0.330 e. The molecule has 1 atom stereocenters. The zero-order valence-corrected chi connectivity index (χ0v) is 18.3. The van der Waals surface area contributed by atoms with Gasteiger partial charge in [0, 0.05) is 23.9 Å². The largest absolute Gasteiger partial charge is 0.466 e. The van der Waals surface area contributed by atoms with Crippen LogP contribution in [0.25, 0.3) is 28.0 Å². The molecule has 0 radical (unpaired) electrons. The SMILES string of the molecule is COC(=O)/C=C1\CCCCC1n1nc(-c2c(-c3ccccc3)nn3ccccc23)ccc1=O. The Kier molecular flexibility index (Phi) is 5.60. The Labute approximate surface area is 190 Å². The van der Waals surface area contributed by atoms with E-state index in [2.05, 4.69) is 0 Å². The second kappa shape index (κ2) is 8.86. The van der Waals surface area contributed by atoms with Crippen molar-refractivity contribution in [1.29, 1.82) is 0 Å². The summed E-state index contributed by atoms with van der Waals surface area (Å²) in [7, 11) is 1.36. The molecule has 0 spiro atoms. The number of benzene rings is 1. The molecule has 1 fully saturated rings. The molecule has 1 aliphatic rings. The van der Waals surface area contributed by atoms with Gasteiger partial charge in [-0.05, 0) is 43.0 Å². The lowest BCUT2D eigenvalue weighted by molar-refractivity contribution is -0.134. The summed E-state index contributed by atoms with van der Waals surface area (Å²) in [5.74, 6) is -0.407. The third-order valence-corrected chi connectivity index (χ3v) is 6.09. The molecule has 0 saturated heterocycles. The molecule has 0 bridgehead atoms. The minimum Gasteiger partial charge on any atom is -0.466 e. The van der Waals surface area contributed by atoms with E-state index >= 15 is 0 Å². The van der Waals surface area contributed by atoms with Gasteiger partial charge < -0.3 is 4.74 Å². The number of fused-ring (bicyclic) bond motifs is 1. The molecule has 33 heavy (non-hydrogen) atoms. The highest BCUT2D eigenvalue weighted by Gasteiger charge is 2.25. The zero-order valence-electron chi connectivity index (χ0n) is 18.3. The predicted octanol–water partition coefficient (Wildman–Crippen LogP) is 4.44. The average Bonchev–Trinajstić information content (AvgIpc) is 3.25. The molecule has 3 aromatic heterocycles. The Balaban J connectivity index is 1.68. The summed E-state index contributed by atoms with van der Waals surface area (Å²) >= 11 is 0. The Morgan fingerprint density at radius 1 is 1.03 bits per heavy atom.